The molecular formula is C14H14N4O. The molecule has 0 spiro atoms. The number of aliphatic hydroxyl groups excluding tert-OH is 1. The molecule has 0 aliphatic heterocycles. The molecule has 0 atom stereocenters. The van der Waals surface area contributed by atoms with E-state index in [0.29, 0.717) is 11.5 Å². The van der Waals surface area contributed by atoms with Crippen molar-refractivity contribution in [1.29, 1.82) is 0 Å². The molecule has 5 heteroatoms. The van der Waals surface area contributed by atoms with Crippen molar-refractivity contribution in [2.45, 2.75) is 20.5 Å². The fraction of sp³-hybridized carbons (Fsp3) is 0.214. The first-order valence-corrected chi connectivity index (χ1v) is 6.05. The number of benzene rings is 1. The molecule has 96 valence electrons. The van der Waals surface area contributed by atoms with Gasteiger partial charge in [-0.2, -0.15) is 0 Å². The lowest BCUT2D eigenvalue weighted by atomic mass is 10.1. The number of hydrogen-bond acceptors (Lipinski definition) is 4. The number of aromatic nitrogens is 4. The van der Waals surface area contributed by atoms with Crippen molar-refractivity contribution in [3.05, 3.63) is 47.7 Å². The van der Waals surface area contributed by atoms with Crippen LogP contribution < -0.4 is 0 Å². The van der Waals surface area contributed by atoms with Crippen LogP contribution in [0.3, 0.4) is 0 Å². The molecule has 1 N–H and O–H groups in total. The SMILES string of the molecule is Cc1cc2ncn(-c3cnc(CO)cn3)c2cc1C. The third-order valence-corrected chi connectivity index (χ3v) is 3.26. The topological polar surface area (TPSA) is 63.8 Å². The Morgan fingerprint density at radius 2 is 1.84 bits per heavy atom. The van der Waals surface area contributed by atoms with Crippen molar-refractivity contribution in [2.24, 2.45) is 0 Å². The van der Waals surface area contributed by atoms with Gasteiger partial charge in [0.2, 0.25) is 0 Å². The Labute approximate surface area is 110 Å². The number of fused-ring (bicyclic) bond motifs is 1. The van der Waals surface area contributed by atoms with Crippen molar-refractivity contribution in [2.75, 3.05) is 0 Å². The minimum atomic E-state index is -0.101. The van der Waals surface area contributed by atoms with Gasteiger partial charge in [-0.05, 0) is 37.1 Å². The van der Waals surface area contributed by atoms with Gasteiger partial charge in [0, 0.05) is 0 Å². The highest BCUT2D eigenvalue weighted by Gasteiger charge is 2.07. The van der Waals surface area contributed by atoms with Gasteiger partial charge in [-0.25, -0.2) is 9.97 Å². The summed E-state index contributed by atoms with van der Waals surface area (Å²) in [6.07, 6.45) is 4.95. The Hall–Kier alpha value is -2.27. The molecule has 0 saturated heterocycles. The van der Waals surface area contributed by atoms with Gasteiger partial charge >= 0.3 is 0 Å². The second kappa shape index (κ2) is 4.44. The summed E-state index contributed by atoms with van der Waals surface area (Å²) in [6.45, 7) is 4.05. The molecule has 0 aliphatic carbocycles. The van der Waals surface area contributed by atoms with E-state index in [1.165, 1.54) is 11.1 Å². The fourth-order valence-electron chi connectivity index (χ4n) is 2.00. The van der Waals surface area contributed by atoms with Crippen LogP contribution in [0.1, 0.15) is 16.8 Å². The summed E-state index contributed by atoms with van der Waals surface area (Å²) in [6, 6.07) is 4.16. The number of rotatable bonds is 2. The van der Waals surface area contributed by atoms with Gasteiger partial charge in [-0.15, -0.1) is 0 Å². The summed E-state index contributed by atoms with van der Waals surface area (Å²) in [5.74, 6) is 0.697. The summed E-state index contributed by atoms with van der Waals surface area (Å²) >= 11 is 0. The first kappa shape index (κ1) is 11.8. The summed E-state index contributed by atoms with van der Waals surface area (Å²) in [5.41, 5.74) is 4.94. The molecule has 0 unspecified atom stereocenters. The lowest BCUT2D eigenvalue weighted by molar-refractivity contribution is 0.276. The largest absolute Gasteiger partial charge is 0.390 e. The zero-order valence-electron chi connectivity index (χ0n) is 10.8. The Morgan fingerprint density at radius 3 is 2.53 bits per heavy atom. The van der Waals surface area contributed by atoms with Crippen LogP contribution in [0, 0.1) is 13.8 Å². The minimum absolute atomic E-state index is 0.101. The van der Waals surface area contributed by atoms with Crippen molar-refractivity contribution in [1.82, 2.24) is 19.5 Å². The van der Waals surface area contributed by atoms with Gasteiger partial charge in [0.05, 0.1) is 35.7 Å². The maximum absolute atomic E-state index is 8.98. The van der Waals surface area contributed by atoms with E-state index >= 15 is 0 Å². The van der Waals surface area contributed by atoms with Crippen molar-refractivity contribution >= 4 is 11.0 Å². The molecule has 5 nitrogen and oxygen atoms in total. The number of imidazole rings is 1. The van der Waals surface area contributed by atoms with Crippen LogP contribution in [-0.2, 0) is 6.61 Å². The molecular weight excluding hydrogens is 240 g/mol. The van der Waals surface area contributed by atoms with E-state index in [1.807, 2.05) is 4.57 Å². The van der Waals surface area contributed by atoms with Crippen LogP contribution in [0.25, 0.3) is 16.9 Å². The maximum atomic E-state index is 8.98. The zero-order valence-corrected chi connectivity index (χ0v) is 10.8. The Morgan fingerprint density at radius 1 is 1.05 bits per heavy atom. The van der Waals surface area contributed by atoms with Gasteiger partial charge < -0.3 is 5.11 Å². The second-order valence-electron chi connectivity index (χ2n) is 4.56. The Balaban J connectivity index is 2.16. The van der Waals surface area contributed by atoms with Crippen LogP contribution in [0.4, 0.5) is 0 Å². The zero-order chi connectivity index (χ0) is 13.4. The van der Waals surface area contributed by atoms with E-state index < -0.39 is 0 Å². The Kier molecular flexibility index (Phi) is 2.76. The fourth-order valence-corrected chi connectivity index (χ4v) is 2.00. The molecule has 0 radical (unpaired) electrons. The molecule has 0 saturated carbocycles. The first-order valence-electron chi connectivity index (χ1n) is 6.05. The van der Waals surface area contributed by atoms with E-state index in [9.17, 15) is 0 Å². The lowest BCUT2D eigenvalue weighted by Gasteiger charge is -2.05. The van der Waals surface area contributed by atoms with E-state index in [4.69, 9.17) is 5.11 Å². The monoisotopic (exact) mass is 254 g/mol. The molecule has 3 rings (SSSR count). The van der Waals surface area contributed by atoms with Crippen LogP contribution >= 0.6 is 0 Å². The predicted molar refractivity (Wildman–Crippen MR) is 72.1 cm³/mol. The van der Waals surface area contributed by atoms with E-state index in [1.54, 1.807) is 18.7 Å². The smallest absolute Gasteiger partial charge is 0.156 e. The van der Waals surface area contributed by atoms with Crippen LogP contribution in [0.15, 0.2) is 30.9 Å². The quantitative estimate of drug-likeness (QED) is 0.759. The van der Waals surface area contributed by atoms with E-state index in [0.717, 1.165) is 11.0 Å². The first-order chi connectivity index (χ1) is 9.19. The van der Waals surface area contributed by atoms with Gasteiger partial charge in [-0.3, -0.25) is 9.55 Å². The van der Waals surface area contributed by atoms with Crippen LogP contribution in [0.2, 0.25) is 0 Å². The van der Waals surface area contributed by atoms with Crippen molar-refractivity contribution in [3.8, 4) is 5.82 Å². The minimum Gasteiger partial charge on any atom is -0.390 e. The third-order valence-electron chi connectivity index (χ3n) is 3.26. The molecule has 0 aliphatic rings. The molecule has 0 fully saturated rings. The summed E-state index contributed by atoms with van der Waals surface area (Å²) in [4.78, 5) is 12.8. The highest BCUT2D eigenvalue weighted by atomic mass is 16.3. The van der Waals surface area contributed by atoms with Crippen molar-refractivity contribution in [3.63, 3.8) is 0 Å². The van der Waals surface area contributed by atoms with Gasteiger partial charge in [0.15, 0.2) is 5.82 Å². The highest BCUT2D eigenvalue weighted by molar-refractivity contribution is 5.78. The number of nitrogens with zero attached hydrogens (tertiary/aromatic N) is 4. The van der Waals surface area contributed by atoms with Crippen molar-refractivity contribution < 1.29 is 5.11 Å². The molecule has 0 amide bonds. The maximum Gasteiger partial charge on any atom is 0.156 e. The predicted octanol–water partition coefficient (Wildman–Crippen LogP) is 1.92. The number of aliphatic hydroxyl groups is 1. The third kappa shape index (κ3) is 1.98. The van der Waals surface area contributed by atoms with Gasteiger partial charge in [-0.1, -0.05) is 0 Å². The lowest BCUT2D eigenvalue weighted by Crippen LogP contribution is -1.99. The Bertz CT molecular complexity index is 731. The summed E-state index contributed by atoms with van der Waals surface area (Å²) in [5, 5.41) is 8.98. The molecule has 2 aromatic heterocycles. The standard InChI is InChI=1S/C14H14N4O/c1-9-3-12-13(4-10(9)2)18(8-17-12)14-6-15-11(7-19)5-16-14/h3-6,8,19H,7H2,1-2H3. The molecule has 3 aromatic rings. The number of aryl methyl sites for hydroxylation is 2. The van der Waals surface area contributed by atoms with Gasteiger partial charge in [0.1, 0.15) is 6.33 Å². The summed E-state index contributed by atoms with van der Waals surface area (Å²) < 4.78 is 1.90. The molecule has 1 aromatic carbocycles. The van der Waals surface area contributed by atoms with Crippen LogP contribution in [-0.4, -0.2) is 24.6 Å². The average Bonchev–Trinajstić information content (AvgIpc) is 2.82. The van der Waals surface area contributed by atoms with E-state index in [-0.39, 0.29) is 6.61 Å². The average molecular weight is 254 g/mol. The molecule has 0 bridgehead atoms. The highest BCUT2D eigenvalue weighted by Crippen LogP contribution is 2.20. The van der Waals surface area contributed by atoms with Crippen LogP contribution in [0.5, 0.6) is 0 Å². The summed E-state index contributed by atoms with van der Waals surface area (Å²) in [7, 11) is 0. The van der Waals surface area contributed by atoms with Gasteiger partial charge in [0.25, 0.3) is 0 Å². The molecule has 2 heterocycles. The normalized spacial score (nSPS) is 11.1. The molecule has 19 heavy (non-hydrogen) atoms. The van der Waals surface area contributed by atoms with E-state index in [2.05, 4.69) is 40.9 Å². The second-order valence-corrected chi connectivity index (χ2v) is 4.56. The number of hydrogen-bond donors (Lipinski definition) is 1.